The third kappa shape index (κ3) is 4.45. The fourth-order valence-corrected chi connectivity index (χ4v) is 9.37. The molecule has 0 amide bonds. The first kappa shape index (κ1) is 30.6. The summed E-state index contributed by atoms with van der Waals surface area (Å²) in [6.45, 7) is 0. The van der Waals surface area contributed by atoms with Crippen molar-refractivity contribution in [2.75, 3.05) is 4.90 Å². The normalized spacial score (nSPS) is 13.0. The Balaban J connectivity index is 1.07. The van der Waals surface area contributed by atoms with E-state index in [0.29, 0.717) is 0 Å². The summed E-state index contributed by atoms with van der Waals surface area (Å²) < 4.78 is 0. The number of hydrogen-bond donors (Lipinski definition) is 0. The minimum Gasteiger partial charge on any atom is -0.310 e. The Labute approximate surface area is 316 Å². The van der Waals surface area contributed by atoms with Gasteiger partial charge >= 0.3 is 0 Å². The lowest BCUT2D eigenvalue weighted by Crippen LogP contribution is -2.26. The van der Waals surface area contributed by atoms with Crippen LogP contribution in [0.3, 0.4) is 0 Å². The fourth-order valence-electron chi connectivity index (χ4n) is 9.37. The number of fused-ring (bicyclic) bond motifs is 11. The Hall–Kier alpha value is -6.96. The van der Waals surface area contributed by atoms with Gasteiger partial charge in [-0.1, -0.05) is 170 Å². The molecule has 0 fully saturated rings. The van der Waals surface area contributed by atoms with E-state index in [1.807, 2.05) is 0 Å². The zero-order chi connectivity index (χ0) is 35.6. The lowest BCUT2D eigenvalue weighted by Gasteiger charge is -2.32. The molecule has 0 atom stereocenters. The van der Waals surface area contributed by atoms with Gasteiger partial charge < -0.3 is 4.90 Å². The van der Waals surface area contributed by atoms with E-state index in [-0.39, 0.29) is 0 Å². The summed E-state index contributed by atoms with van der Waals surface area (Å²) in [7, 11) is 0. The molecule has 0 aromatic heterocycles. The highest BCUT2D eigenvalue weighted by Gasteiger charge is 2.51. The summed E-state index contributed by atoms with van der Waals surface area (Å²) in [5.41, 5.74) is 18.5. The molecule has 252 valence electrons. The van der Waals surface area contributed by atoms with Crippen LogP contribution < -0.4 is 4.90 Å². The second kappa shape index (κ2) is 12.0. The summed E-state index contributed by atoms with van der Waals surface area (Å²) in [4.78, 5) is 2.41. The van der Waals surface area contributed by atoms with E-state index in [0.717, 1.165) is 17.1 Å². The third-order valence-corrected chi connectivity index (χ3v) is 11.7. The molecule has 1 heteroatoms. The monoisotopic (exact) mass is 685 g/mol. The molecule has 2 aliphatic rings. The molecule has 0 aliphatic heterocycles. The third-order valence-electron chi connectivity index (χ3n) is 11.7. The Morgan fingerprint density at radius 1 is 0.278 bits per heavy atom. The van der Waals surface area contributed by atoms with Gasteiger partial charge in [0.1, 0.15) is 0 Å². The molecule has 0 heterocycles. The van der Waals surface area contributed by atoms with E-state index in [4.69, 9.17) is 0 Å². The molecule has 0 bridgehead atoms. The van der Waals surface area contributed by atoms with Crippen LogP contribution in [-0.2, 0) is 5.41 Å². The van der Waals surface area contributed by atoms with Crippen molar-refractivity contribution in [3.05, 3.63) is 235 Å². The summed E-state index contributed by atoms with van der Waals surface area (Å²) in [5, 5.41) is 2.50. The van der Waals surface area contributed by atoms with E-state index in [1.54, 1.807) is 0 Å². The van der Waals surface area contributed by atoms with E-state index in [1.165, 1.54) is 77.5 Å². The molecular formula is C53H35N. The quantitative estimate of drug-likeness (QED) is 0.174. The van der Waals surface area contributed by atoms with Gasteiger partial charge in [-0.25, -0.2) is 0 Å². The van der Waals surface area contributed by atoms with Crippen molar-refractivity contribution >= 4 is 27.8 Å². The number of rotatable bonds is 5. The van der Waals surface area contributed by atoms with Gasteiger partial charge in [-0.15, -0.1) is 0 Å². The molecule has 0 unspecified atom stereocenters. The van der Waals surface area contributed by atoms with Gasteiger partial charge in [0.2, 0.25) is 0 Å². The summed E-state index contributed by atoms with van der Waals surface area (Å²) in [5.74, 6) is 0. The molecule has 0 saturated heterocycles. The maximum Gasteiger partial charge on any atom is 0.0726 e. The number of nitrogens with zero attached hydrogens (tertiary/aromatic N) is 1. The maximum absolute atomic E-state index is 2.46. The number of para-hydroxylation sites is 1. The van der Waals surface area contributed by atoms with E-state index in [2.05, 4.69) is 217 Å². The highest BCUT2D eigenvalue weighted by atomic mass is 15.1. The lowest BCUT2D eigenvalue weighted by atomic mass is 9.70. The lowest BCUT2D eigenvalue weighted by molar-refractivity contribution is 0.793. The standard InChI is InChI=1S/C53H35N/c1-3-14-36(15-4-1)39-27-26-37-16-13-22-43(48(37)34-39)38-28-30-41(31-29-38)54(40-17-5-2-6-18-40)42-32-33-47-46-21-9-12-25-51(46)53(52(47)35-42)49-23-10-7-19-44(49)45-20-8-11-24-50(45)53/h1-35H. The van der Waals surface area contributed by atoms with Crippen molar-refractivity contribution in [3.63, 3.8) is 0 Å². The van der Waals surface area contributed by atoms with Crippen LogP contribution in [0.4, 0.5) is 17.1 Å². The Morgan fingerprint density at radius 2 is 0.778 bits per heavy atom. The van der Waals surface area contributed by atoms with Crippen LogP contribution in [0.25, 0.3) is 55.3 Å². The fraction of sp³-hybridized carbons (Fsp3) is 0.0189. The molecule has 11 rings (SSSR count). The zero-order valence-corrected chi connectivity index (χ0v) is 29.7. The minimum absolute atomic E-state index is 0.395. The molecule has 54 heavy (non-hydrogen) atoms. The van der Waals surface area contributed by atoms with Crippen molar-refractivity contribution in [1.82, 2.24) is 0 Å². The Morgan fingerprint density at radius 3 is 1.43 bits per heavy atom. The molecular weight excluding hydrogens is 651 g/mol. The summed E-state index contributed by atoms with van der Waals surface area (Å²) in [6.07, 6.45) is 0. The van der Waals surface area contributed by atoms with Crippen molar-refractivity contribution in [2.45, 2.75) is 5.41 Å². The van der Waals surface area contributed by atoms with Crippen LogP contribution in [0.5, 0.6) is 0 Å². The molecule has 1 nitrogen and oxygen atoms in total. The number of anilines is 3. The first-order valence-electron chi connectivity index (χ1n) is 18.8. The average molecular weight is 686 g/mol. The summed E-state index contributed by atoms with van der Waals surface area (Å²) >= 11 is 0. The minimum atomic E-state index is -0.395. The smallest absolute Gasteiger partial charge is 0.0726 e. The van der Waals surface area contributed by atoms with E-state index < -0.39 is 5.41 Å². The van der Waals surface area contributed by atoms with Crippen LogP contribution in [0.15, 0.2) is 212 Å². The Bertz CT molecular complexity index is 2810. The van der Waals surface area contributed by atoms with Crippen LogP contribution in [0.1, 0.15) is 22.3 Å². The molecule has 1 spiro atoms. The highest BCUT2D eigenvalue weighted by Crippen LogP contribution is 2.63. The SMILES string of the molecule is c1ccc(-c2ccc3cccc(-c4ccc(N(c5ccccc5)c5ccc6c(c5)C5(c7ccccc7-c7ccccc75)c5ccccc5-6)cc4)c3c2)cc1. The molecule has 9 aromatic rings. The first-order chi connectivity index (χ1) is 26.8. The van der Waals surface area contributed by atoms with E-state index in [9.17, 15) is 0 Å². The van der Waals surface area contributed by atoms with Crippen molar-refractivity contribution in [2.24, 2.45) is 0 Å². The van der Waals surface area contributed by atoms with Gasteiger partial charge in [0.15, 0.2) is 0 Å². The predicted octanol–water partition coefficient (Wildman–Crippen LogP) is 14.0. The van der Waals surface area contributed by atoms with Crippen molar-refractivity contribution in [3.8, 4) is 44.5 Å². The van der Waals surface area contributed by atoms with Gasteiger partial charge in [0, 0.05) is 17.1 Å². The molecule has 0 saturated carbocycles. The van der Waals surface area contributed by atoms with Crippen molar-refractivity contribution < 1.29 is 0 Å². The van der Waals surface area contributed by atoms with Gasteiger partial charge in [0.05, 0.1) is 5.41 Å². The predicted molar refractivity (Wildman–Crippen MR) is 226 cm³/mol. The second-order valence-corrected chi connectivity index (χ2v) is 14.4. The largest absolute Gasteiger partial charge is 0.310 e. The average Bonchev–Trinajstić information content (AvgIpc) is 3.72. The highest BCUT2D eigenvalue weighted by molar-refractivity contribution is 6.00. The van der Waals surface area contributed by atoms with E-state index >= 15 is 0 Å². The maximum atomic E-state index is 2.46. The molecule has 9 aromatic carbocycles. The van der Waals surface area contributed by atoms with Gasteiger partial charge in [-0.05, 0) is 120 Å². The first-order valence-corrected chi connectivity index (χ1v) is 18.8. The van der Waals surface area contributed by atoms with Crippen LogP contribution in [0, 0.1) is 0 Å². The number of benzene rings is 9. The molecule has 2 aliphatic carbocycles. The van der Waals surface area contributed by atoms with Gasteiger partial charge in [-0.2, -0.15) is 0 Å². The van der Waals surface area contributed by atoms with Gasteiger partial charge in [0.25, 0.3) is 0 Å². The number of hydrogen-bond acceptors (Lipinski definition) is 1. The second-order valence-electron chi connectivity index (χ2n) is 14.4. The summed E-state index contributed by atoms with van der Waals surface area (Å²) in [6, 6.07) is 78.1. The zero-order valence-electron chi connectivity index (χ0n) is 29.7. The topological polar surface area (TPSA) is 3.24 Å². The molecule has 0 radical (unpaired) electrons. The van der Waals surface area contributed by atoms with Crippen molar-refractivity contribution in [1.29, 1.82) is 0 Å². The molecule has 0 N–H and O–H groups in total. The van der Waals surface area contributed by atoms with Gasteiger partial charge in [-0.3, -0.25) is 0 Å². The van der Waals surface area contributed by atoms with Crippen LogP contribution >= 0.6 is 0 Å². The van der Waals surface area contributed by atoms with Crippen LogP contribution in [0.2, 0.25) is 0 Å². The Kier molecular flexibility index (Phi) is 6.84. The van der Waals surface area contributed by atoms with Crippen LogP contribution in [-0.4, -0.2) is 0 Å².